The Hall–Kier alpha value is -2.47. The van der Waals surface area contributed by atoms with Gasteiger partial charge in [-0.05, 0) is 58.4 Å². The quantitative estimate of drug-likeness (QED) is 0.746. The second-order valence-electron chi connectivity index (χ2n) is 4.98. The Bertz CT molecular complexity index is 859. The second-order valence-corrected chi connectivity index (χ2v) is 5.83. The number of nitrogens with zero attached hydrogens (tertiary/aromatic N) is 2. The number of benzene rings is 2. The lowest BCUT2D eigenvalue weighted by Gasteiger charge is -2.06. The highest BCUT2D eigenvalue weighted by atomic mass is 79.9. The molecule has 0 aliphatic rings. The van der Waals surface area contributed by atoms with Gasteiger partial charge in [-0.2, -0.15) is 5.10 Å². The summed E-state index contributed by atoms with van der Waals surface area (Å²) in [5.74, 6) is -0.572. The topological polar surface area (TPSA) is 46.9 Å². The number of hydrogen-bond acceptors (Lipinski definition) is 2. The molecule has 1 amide bonds. The van der Waals surface area contributed by atoms with Gasteiger partial charge in [-0.3, -0.25) is 9.48 Å². The Labute approximate surface area is 141 Å². The molecule has 0 bridgehead atoms. The molecular formula is C17H13BrFN3O. The number of nitrogens with one attached hydrogen (secondary N) is 1. The van der Waals surface area contributed by atoms with Crippen molar-refractivity contribution in [2.45, 2.75) is 0 Å². The molecule has 116 valence electrons. The van der Waals surface area contributed by atoms with Crippen LogP contribution in [-0.4, -0.2) is 15.7 Å². The minimum absolute atomic E-state index is 0.264. The van der Waals surface area contributed by atoms with E-state index in [1.807, 2.05) is 18.2 Å². The zero-order valence-corrected chi connectivity index (χ0v) is 13.8. The van der Waals surface area contributed by atoms with Gasteiger partial charge >= 0.3 is 0 Å². The first-order valence-corrected chi connectivity index (χ1v) is 7.70. The summed E-state index contributed by atoms with van der Waals surface area (Å²) in [5, 5.41) is 7.15. The fourth-order valence-electron chi connectivity index (χ4n) is 2.19. The Kier molecular flexibility index (Phi) is 4.25. The van der Waals surface area contributed by atoms with Crippen molar-refractivity contribution in [3.8, 4) is 11.3 Å². The van der Waals surface area contributed by atoms with Gasteiger partial charge in [-0.25, -0.2) is 4.39 Å². The summed E-state index contributed by atoms with van der Waals surface area (Å²) < 4.78 is 15.3. The first-order valence-electron chi connectivity index (χ1n) is 6.90. The van der Waals surface area contributed by atoms with Gasteiger partial charge in [0.25, 0.3) is 5.91 Å². The van der Waals surface area contributed by atoms with Crippen molar-refractivity contribution in [3.05, 3.63) is 70.6 Å². The SMILES string of the molecule is Cn1nc(-c2ccc(F)cc2)cc1C(=O)Nc1ccccc1Br. The average Bonchev–Trinajstić information content (AvgIpc) is 2.92. The molecule has 0 radical (unpaired) electrons. The Morgan fingerprint density at radius 1 is 1.17 bits per heavy atom. The van der Waals surface area contributed by atoms with Gasteiger partial charge in [0.1, 0.15) is 11.5 Å². The molecule has 1 N–H and O–H groups in total. The minimum Gasteiger partial charge on any atom is -0.320 e. The number of aryl methyl sites for hydroxylation is 1. The number of halogens is 2. The van der Waals surface area contributed by atoms with Crippen molar-refractivity contribution >= 4 is 27.5 Å². The van der Waals surface area contributed by atoms with Gasteiger partial charge in [-0.1, -0.05) is 12.1 Å². The molecule has 0 aliphatic heterocycles. The molecule has 1 heterocycles. The van der Waals surface area contributed by atoms with Crippen molar-refractivity contribution in [3.63, 3.8) is 0 Å². The third kappa shape index (κ3) is 3.32. The van der Waals surface area contributed by atoms with Crippen LogP contribution in [0.5, 0.6) is 0 Å². The van der Waals surface area contributed by atoms with Gasteiger partial charge in [0, 0.05) is 17.1 Å². The van der Waals surface area contributed by atoms with E-state index >= 15 is 0 Å². The van der Waals surface area contributed by atoms with E-state index in [0.29, 0.717) is 17.1 Å². The zero-order chi connectivity index (χ0) is 16.4. The van der Waals surface area contributed by atoms with Crippen molar-refractivity contribution in [1.29, 1.82) is 0 Å². The summed E-state index contributed by atoms with van der Waals surface area (Å²) in [6, 6.07) is 15.0. The number of amides is 1. The van der Waals surface area contributed by atoms with E-state index in [1.165, 1.54) is 16.8 Å². The predicted molar refractivity (Wildman–Crippen MR) is 90.7 cm³/mol. The van der Waals surface area contributed by atoms with Gasteiger partial charge in [0.2, 0.25) is 0 Å². The standard InChI is InChI=1S/C17H13BrFN3O/c1-22-16(17(23)20-14-5-3-2-4-13(14)18)10-15(21-22)11-6-8-12(19)9-7-11/h2-10H,1H3,(H,20,23). The van der Waals surface area contributed by atoms with E-state index in [0.717, 1.165) is 10.0 Å². The van der Waals surface area contributed by atoms with Crippen LogP contribution in [0.1, 0.15) is 10.5 Å². The minimum atomic E-state index is -0.309. The van der Waals surface area contributed by atoms with E-state index in [1.54, 1.807) is 31.3 Å². The molecule has 0 spiro atoms. The first kappa shape index (κ1) is 15.4. The molecule has 3 rings (SSSR count). The average molecular weight is 374 g/mol. The second kappa shape index (κ2) is 6.34. The molecule has 3 aromatic rings. The van der Waals surface area contributed by atoms with Crippen LogP contribution in [0.15, 0.2) is 59.1 Å². The van der Waals surface area contributed by atoms with E-state index in [4.69, 9.17) is 0 Å². The Morgan fingerprint density at radius 3 is 2.57 bits per heavy atom. The normalized spacial score (nSPS) is 10.6. The largest absolute Gasteiger partial charge is 0.320 e. The lowest BCUT2D eigenvalue weighted by Crippen LogP contribution is -2.16. The first-order chi connectivity index (χ1) is 11.0. The van der Waals surface area contributed by atoms with Gasteiger partial charge < -0.3 is 5.32 Å². The lowest BCUT2D eigenvalue weighted by atomic mass is 10.1. The maximum atomic E-state index is 13.0. The monoisotopic (exact) mass is 373 g/mol. The fourth-order valence-corrected chi connectivity index (χ4v) is 2.57. The van der Waals surface area contributed by atoms with Crippen LogP contribution < -0.4 is 5.32 Å². The lowest BCUT2D eigenvalue weighted by molar-refractivity contribution is 0.101. The summed E-state index contributed by atoms with van der Waals surface area (Å²) >= 11 is 3.39. The maximum absolute atomic E-state index is 13.0. The maximum Gasteiger partial charge on any atom is 0.273 e. The summed E-state index contributed by atoms with van der Waals surface area (Å²) in [7, 11) is 1.70. The van der Waals surface area contributed by atoms with Crippen LogP contribution in [0, 0.1) is 5.82 Å². The van der Waals surface area contributed by atoms with E-state index in [9.17, 15) is 9.18 Å². The number of hydrogen-bond donors (Lipinski definition) is 1. The molecule has 6 heteroatoms. The number of carbonyl (C=O) groups is 1. The van der Waals surface area contributed by atoms with Crippen LogP contribution in [0.4, 0.5) is 10.1 Å². The predicted octanol–water partition coefficient (Wildman–Crippen LogP) is 4.24. The number of rotatable bonds is 3. The summed E-state index contributed by atoms with van der Waals surface area (Å²) in [6.07, 6.45) is 0. The number of anilines is 1. The number of aromatic nitrogens is 2. The van der Waals surface area contributed by atoms with Gasteiger partial charge in [0.15, 0.2) is 0 Å². The summed E-state index contributed by atoms with van der Waals surface area (Å²) in [6.45, 7) is 0. The Balaban J connectivity index is 1.87. The van der Waals surface area contributed by atoms with Crippen molar-refractivity contribution in [2.75, 3.05) is 5.32 Å². The van der Waals surface area contributed by atoms with Crippen molar-refractivity contribution in [2.24, 2.45) is 7.05 Å². The third-order valence-corrected chi connectivity index (χ3v) is 4.07. The van der Waals surface area contributed by atoms with E-state index in [2.05, 4.69) is 26.3 Å². The Morgan fingerprint density at radius 2 is 1.87 bits per heavy atom. The van der Waals surface area contributed by atoms with Crippen LogP contribution in [-0.2, 0) is 7.05 Å². The molecule has 0 aliphatic carbocycles. The van der Waals surface area contributed by atoms with Gasteiger partial charge in [-0.15, -0.1) is 0 Å². The summed E-state index contributed by atoms with van der Waals surface area (Å²) in [4.78, 5) is 12.4. The molecule has 1 aromatic heterocycles. The molecule has 0 saturated carbocycles. The molecule has 0 saturated heterocycles. The third-order valence-electron chi connectivity index (χ3n) is 3.37. The molecule has 0 unspecified atom stereocenters. The van der Waals surface area contributed by atoms with E-state index < -0.39 is 0 Å². The van der Waals surface area contributed by atoms with E-state index in [-0.39, 0.29) is 11.7 Å². The molecule has 4 nitrogen and oxygen atoms in total. The highest BCUT2D eigenvalue weighted by molar-refractivity contribution is 9.10. The number of para-hydroxylation sites is 1. The molecule has 0 atom stereocenters. The number of carbonyl (C=O) groups excluding carboxylic acids is 1. The van der Waals surface area contributed by atoms with Gasteiger partial charge in [0.05, 0.1) is 11.4 Å². The van der Waals surface area contributed by atoms with Crippen molar-refractivity contribution in [1.82, 2.24) is 9.78 Å². The van der Waals surface area contributed by atoms with Crippen molar-refractivity contribution < 1.29 is 9.18 Å². The molecule has 23 heavy (non-hydrogen) atoms. The van der Waals surface area contributed by atoms with Crippen LogP contribution >= 0.6 is 15.9 Å². The highest BCUT2D eigenvalue weighted by Gasteiger charge is 2.15. The molecule has 2 aromatic carbocycles. The fraction of sp³-hybridized carbons (Fsp3) is 0.0588. The zero-order valence-electron chi connectivity index (χ0n) is 12.3. The molecule has 0 fully saturated rings. The van der Waals surface area contributed by atoms with Crippen LogP contribution in [0.2, 0.25) is 0 Å². The van der Waals surface area contributed by atoms with Crippen LogP contribution in [0.3, 0.4) is 0 Å². The molecular weight excluding hydrogens is 361 g/mol. The summed E-state index contributed by atoms with van der Waals surface area (Å²) in [5.41, 5.74) is 2.47. The smallest absolute Gasteiger partial charge is 0.273 e. The van der Waals surface area contributed by atoms with Crippen LogP contribution in [0.25, 0.3) is 11.3 Å². The highest BCUT2D eigenvalue weighted by Crippen LogP contribution is 2.23.